The third-order valence-corrected chi connectivity index (χ3v) is 5.36. The fourth-order valence-electron chi connectivity index (χ4n) is 3.81. The predicted octanol–water partition coefficient (Wildman–Crippen LogP) is 3.00. The van der Waals surface area contributed by atoms with Crippen molar-refractivity contribution in [3.05, 3.63) is 71.8 Å². The summed E-state index contributed by atoms with van der Waals surface area (Å²) in [6, 6.07) is 20.3. The van der Waals surface area contributed by atoms with Gasteiger partial charge < -0.3 is 15.5 Å². The molecule has 0 spiro atoms. The van der Waals surface area contributed by atoms with Crippen molar-refractivity contribution in [3.8, 4) is 0 Å². The van der Waals surface area contributed by atoms with Crippen molar-refractivity contribution in [1.29, 1.82) is 0 Å². The average Bonchev–Trinajstić information content (AvgIpc) is 2.75. The van der Waals surface area contributed by atoms with Crippen LogP contribution in [-0.2, 0) is 17.9 Å². The molecule has 1 fully saturated rings. The van der Waals surface area contributed by atoms with E-state index in [-0.39, 0.29) is 18.0 Å². The number of urea groups is 1. The molecule has 30 heavy (non-hydrogen) atoms. The summed E-state index contributed by atoms with van der Waals surface area (Å²) in [5.41, 5.74) is 2.37. The van der Waals surface area contributed by atoms with Gasteiger partial charge in [-0.2, -0.15) is 0 Å². The smallest absolute Gasteiger partial charge is 0.317 e. The van der Waals surface area contributed by atoms with E-state index in [9.17, 15) is 9.59 Å². The molecule has 0 bridgehead atoms. The predicted molar refractivity (Wildman–Crippen MR) is 119 cm³/mol. The lowest BCUT2D eigenvalue weighted by Gasteiger charge is -2.33. The van der Waals surface area contributed by atoms with Gasteiger partial charge in [0.25, 0.3) is 0 Å². The molecule has 1 heterocycles. The largest absolute Gasteiger partial charge is 0.352 e. The molecule has 160 valence electrons. The van der Waals surface area contributed by atoms with Gasteiger partial charge in [0.2, 0.25) is 5.91 Å². The first-order valence-electron chi connectivity index (χ1n) is 10.7. The maximum absolute atomic E-state index is 12.3. The molecule has 6 nitrogen and oxygen atoms in total. The molecule has 6 heteroatoms. The van der Waals surface area contributed by atoms with Crippen molar-refractivity contribution < 1.29 is 9.59 Å². The Kier molecular flexibility index (Phi) is 8.27. The highest BCUT2D eigenvalue weighted by atomic mass is 16.2. The van der Waals surface area contributed by atoms with Crippen LogP contribution in [0.25, 0.3) is 0 Å². The second-order valence-electron chi connectivity index (χ2n) is 7.95. The molecule has 1 saturated heterocycles. The van der Waals surface area contributed by atoms with Crippen molar-refractivity contribution in [2.45, 2.75) is 38.4 Å². The molecule has 1 aliphatic rings. The Morgan fingerprint density at radius 3 is 2.40 bits per heavy atom. The molecule has 3 amide bonds. The Morgan fingerprint density at radius 1 is 1.03 bits per heavy atom. The Morgan fingerprint density at radius 2 is 1.70 bits per heavy atom. The van der Waals surface area contributed by atoms with E-state index in [2.05, 4.69) is 39.8 Å². The highest BCUT2D eigenvalue weighted by molar-refractivity contribution is 5.78. The average molecular weight is 409 g/mol. The van der Waals surface area contributed by atoms with Crippen LogP contribution in [0.3, 0.4) is 0 Å². The highest BCUT2D eigenvalue weighted by Crippen LogP contribution is 2.14. The number of nitrogens with zero attached hydrogens (tertiary/aromatic N) is 2. The molecule has 1 atom stereocenters. The molecule has 2 aromatic carbocycles. The van der Waals surface area contributed by atoms with Crippen molar-refractivity contribution in [3.63, 3.8) is 0 Å². The van der Waals surface area contributed by atoms with Crippen LogP contribution < -0.4 is 10.6 Å². The number of hydrogen-bond donors (Lipinski definition) is 2. The number of piperidine rings is 1. The molecule has 3 rings (SSSR count). The van der Waals surface area contributed by atoms with E-state index in [1.54, 1.807) is 11.9 Å². The van der Waals surface area contributed by atoms with Gasteiger partial charge in [0, 0.05) is 45.7 Å². The number of carbonyl (C=O) groups is 2. The van der Waals surface area contributed by atoms with Crippen molar-refractivity contribution >= 4 is 11.9 Å². The molecule has 1 unspecified atom stereocenters. The monoisotopic (exact) mass is 408 g/mol. The number of carbonyl (C=O) groups excluding carboxylic acids is 2. The fourth-order valence-corrected chi connectivity index (χ4v) is 3.81. The normalized spacial score (nSPS) is 16.6. The van der Waals surface area contributed by atoms with E-state index in [0.29, 0.717) is 19.5 Å². The molecular formula is C24H32N4O2. The minimum absolute atomic E-state index is 0.00688. The molecule has 0 saturated carbocycles. The summed E-state index contributed by atoms with van der Waals surface area (Å²) in [5, 5.41) is 5.96. The second-order valence-corrected chi connectivity index (χ2v) is 7.95. The third-order valence-electron chi connectivity index (χ3n) is 5.36. The van der Waals surface area contributed by atoms with Crippen molar-refractivity contribution in [1.82, 2.24) is 20.4 Å². The van der Waals surface area contributed by atoms with E-state index in [4.69, 9.17) is 0 Å². The van der Waals surface area contributed by atoms with E-state index in [0.717, 1.165) is 38.0 Å². The van der Waals surface area contributed by atoms with Crippen LogP contribution in [-0.4, -0.2) is 54.5 Å². The zero-order valence-corrected chi connectivity index (χ0v) is 17.7. The fraction of sp³-hybridized carbons (Fsp3) is 0.417. The van der Waals surface area contributed by atoms with Gasteiger partial charge in [0.15, 0.2) is 0 Å². The Bertz CT molecular complexity index is 797. The Hall–Kier alpha value is -2.86. The quantitative estimate of drug-likeness (QED) is 0.706. The maximum Gasteiger partial charge on any atom is 0.317 e. The summed E-state index contributed by atoms with van der Waals surface area (Å²) in [6.45, 7) is 3.72. The van der Waals surface area contributed by atoms with Gasteiger partial charge in [0.05, 0.1) is 0 Å². The summed E-state index contributed by atoms with van der Waals surface area (Å²) in [4.78, 5) is 28.5. The number of hydrogen-bond acceptors (Lipinski definition) is 3. The molecule has 1 aliphatic heterocycles. The van der Waals surface area contributed by atoms with Gasteiger partial charge in [0.1, 0.15) is 0 Å². The first-order valence-corrected chi connectivity index (χ1v) is 10.7. The summed E-state index contributed by atoms with van der Waals surface area (Å²) in [7, 11) is 1.76. The van der Waals surface area contributed by atoms with E-state index in [1.165, 1.54) is 5.56 Å². The van der Waals surface area contributed by atoms with E-state index < -0.39 is 0 Å². The number of benzene rings is 2. The summed E-state index contributed by atoms with van der Waals surface area (Å²) >= 11 is 0. The first kappa shape index (κ1) is 21.8. The van der Waals surface area contributed by atoms with Gasteiger partial charge >= 0.3 is 6.03 Å². The van der Waals surface area contributed by atoms with Crippen LogP contribution in [0.15, 0.2) is 60.7 Å². The van der Waals surface area contributed by atoms with Gasteiger partial charge in [-0.05, 0) is 30.5 Å². The Labute approximate surface area is 179 Å². The van der Waals surface area contributed by atoms with Gasteiger partial charge in [-0.25, -0.2) is 4.79 Å². The van der Waals surface area contributed by atoms with Crippen LogP contribution >= 0.6 is 0 Å². The lowest BCUT2D eigenvalue weighted by molar-refractivity contribution is -0.122. The second kappa shape index (κ2) is 11.4. The topological polar surface area (TPSA) is 64.7 Å². The molecule has 2 N–H and O–H groups in total. The first-order chi connectivity index (χ1) is 14.6. The van der Waals surface area contributed by atoms with E-state index >= 15 is 0 Å². The van der Waals surface area contributed by atoms with Gasteiger partial charge in [-0.15, -0.1) is 0 Å². The maximum atomic E-state index is 12.3. The zero-order valence-electron chi connectivity index (χ0n) is 17.7. The standard InChI is InChI=1S/C24H32N4O2/c1-27(17-20-9-4-2-5-10-20)24(30)25-15-14-23(29)26-22-13-8-16-28(19-22)18-21-11-6-3-7-12-21/h2-7,9-12,22H,8,13-19H2,1H3,(H,25,30)(H,26,29). The molecule has 0 aliphatic carbocycles. The van der Waals surface area contributed by atoms with Crippen LogP contribution in [0.2, 0.25) is 0 Å². The molecule has 0 aromatic heterocycles. The minimum Gasteiger partial charge on any atom is -0.352 e. The minimum atomic E-state index is -0.168. The molecular weight excluding hydrogens is 376 g/mol. The number of rotatable bonds is 8. The van der Waals surface area contributed by atoms with E-state index in [1.807, 2.05) is 36.4 Å². The van der Waals surface area contributed by atoms with Crippen LogP contribution in [0.1, 0.15) is 30.4 Å². The summed E-state index contributed by atoms with van der Waals surface area (Å²) in [5.74, 6) is -0.00688. The van der Waals surface area contributed by atoms with Gasteiger partial charge in [-0.1, -0.05) is 60.7 Å². The summed E-state index contributed by atoms with van der Waals surface area (Å²) in [6.07, 6.45) is 2.38. The Balaban J connectivity index is 1.34. The SMILES string of the molecule is CN(Cc1ccccc1)C(=O)NCCC(=O)NC1CCCN(Cc2ccccc2)C1. The van der Waals surface area contributed by atoms with Crippen LogP contribution in [0, 0.1) is 0 Å². The van der Waals surface area contributed by atoms with Crippen LogP contribution in [0.4, 0.5) is 4.79 Å². The van der Waals surface area contributed by atoms with Crippen molar-refractivity contribution in [2.75, 3.05) is 26.7 Å². The number of likely N-dealkylation sites (tertiary alicyclic amines) is 1. The van der Waals surface area contributed by atoms with Crippen molar-refractivity contribution in [2.24, 2.45) is 0 Å². The molecule has 2 aromatic rings. The molecule has 0 radical (unpaired) electrons. The lowest BCUT2D eigenvalue weighted by Crippen LogP contribution is -2.48. The van der Waals surface area contributed by atoms with Gasteiger partial charge in [-0.3, -0.25) is 9.69 Å². The third kappa shape index (κ3) is 7.19. The van der Waals surface area contributed by atoms with Crippen LogP contribution in [0.5, 0.6) is 0 Å². The lowest BCUT2D eigenvalue weighted by atomic mass is 10.0. The zero-order chi connectivity index (χ0) is 21.2. The highest BCUT2D eigenvalue weighted by Gasteiger charge is 2.21. The number of nitrogens with one attached hydrogen (secondary N) is 2. The number of amides is 3. The summed E-state index contributed by atoms with van der Waals surface area (Å²) < 4.78 is 0.